The molecular weight excluding hydrogens is 370 g/mol. The second-order valence-corrected chi connectivity index (χ2v) is 7.24. The van der Waals surface area contributed by atoms with E-state index in [4.69, 9.17) is 9.47 Å². The van der Waals surface area contributed by atoms with Crippen LogP contribution in [0.15, 0.2) is 48.5 Å². The summed E-state index contributed by atoms with van der Waals surface area (Å²) in [5, 5.41) is 0. The van der Waals surface area contributed by atoms with Gasteiger partial charge in [-0.2, -0.15) is 0 Å². The number of anilines is 2. The minimum Gasteiger partial charge on any atom is -0.497 e. The molecule has 4 rings (SSSR count). The molecule has 2 aromatic rings. The number of rotatable bonds is 4. The Kier molecular flexibility index (Phi) is 5.29. The first kappa shape index (κ1) is 19.1. The first-order valence-corrected chi connectivity index (χ1v) is 9.77. The van der Waals surface area contributed by atoms with E-state index in [2.05, 4.69) is 4.90 Å². The SMILES string of the molecule is COc1ccc(N2CCN(C(=O)CC3Oc4ccccc4N(C)C3=O)CC2)cc1. The monoisotopic (exact) mass is 395 g/mol. The second kappa shape index (κ2) is 8.03. The van der Waals surface area contributed by atoms with E-state index >= 15 is 0 Å². The molecule has 0 aliphatic carbocycles. The van der Waals surface area contributed by atoms with Gasteiger partial charge in [0.15, 0.2) is 6.10 Å². The number of hydrogen-bond donors (Lipinski definition) is 0. The number of fused-ring (bicyclic) bond motifs is 1. The summed E-state index contributed by atoms with van der Waals surface area (Å²) in [6.45, 7) is 2.75. The lowest BCUT2D eigenvalue weighted by Crippen LogP contribution is -2.51. The van der Waals surface area contributed by atoms with Gasteiger partial charge < -0.3 is 24.2 Å². The maximum atomic E-state index is 12.8. The van der Waals surface area contributed by atoms with Gasteiger partial charge in [0.2, 0.25) is 5.91 Å². The third-order valence-electron chi connectivity index (χ3n) is 5.53. The van der Waals surface area contributed by atoms with Crippen LogP contribution in [0.4, 0.5) is 11.4 Å². The van der Waals surface area contributed by atoms with Crippen LogP contribution in [-0.2, 0) is 9.59 Å². The minimum atomic E-state index is -0.776. The van der Waals surface area contributed by atoms with Crippen LogP contribution < -0.4 is 19.3 Å². The summed E-state index contributed by atoms with van der Waals surface area (Å²) in [4.78, 5) is 31.0. The molecule has 2 aliphatic heterocycles. The Bertz CT molecular complexity index is 891. The number of para-hydroxylation sites is 2. The molecule has 152 valence electrons. The molecule has 2 heterocycles. The van der Waals surface area contributed by atoms with Crippen LogP contribution in [0.1, 0.15) is 6.42 Å². The summed E-state index contributed by atoms with van der Waals surface area (Å²) >= 11 is 0. The quantitative estimate of drug-likeness (QED) is 0.794. The third kappa shape index (κ3) is 3.85. The predicted octanol–water partition coefficient (Wildman–Crippen LogP) is 2.16. The van der Waals surface area contributed by atoms with Crippen LogP contribution in [0.2, 0.25) is 0 Å². The van der Waals surface area contributed by atoms with Crippen molar-refractivity contribution in [1.29, 1.82) is 0 Å². The zero-order valence-corrected chi connectivity index (χ0v) is 16.7. The lowest BCUT2D eigenvalue weighted by Gasteiger charge is -2.37. The van der Waals surface area contributed by atoms with Gasteiger partial charge >= 0.3 is 0 Å². The van der Waals surface area contributed by atoms with Gasteiger partial charge in [-0.25, -0.2) is 0 Å². The molecule has 0 spiro atoms. The van der Waals surface area contributed by atoms with Crippen molar-refractivity contribution >= 4 is 23.2 Å². The molecule has 1 atom stereocenters. The van der Waals surface area contributed by atoms with Crippen LogP contribution >= 0.6 is 0 Å². The van der Waals surface area contributed by atoms with Crippen molar-refractivity contribution in [3.05, 3.63) is 48.5 Å². The first-order chi connectivity index (χ1) is 14.1. The molecule has 7 nitrogen and oxygen atoms in total. The van der Waals surface area contributed by atoms with Crippen LogP contribution in [0.3, 0.4) is 0 Å². The van der Waals surface area contributed by atoms with Crippen molar-refractivity contribution < 1.29 is 19.1 Å². The highest BCUT2D eigenvalue weighted by molar-refractivity contribution is 6.01. The van der Waals surface area contributed by atoms with Crippen LogP contribution in [-0.4, -0.2) is 63.2 Å². The average Bonchev–Trinajstić information content (AvgIpc) is 2.77. The highest BCUT2D eigenvalue weighted by Gasteiger charge is 2.35. The normalized spacial score (nSPS) is 18.9. The maximum absolute atomic E-state index is 12.8. The smallest absolute Gasteiger partial charge is 0.268 e. The van der Waals surface area contributed by atoms with Crippen molar-refractivity contribution in [3.8, 4) is 11.5 Å². The number of benzene rings is 2. The van der Waals surface area contributed by atoms with E-state index in [-0.39, 0.29) is 18.2 Å². The van der Waals surface area contributed by atoms with E-state index in [1.165, 1.54) is 0 Å². The standard InChI is InChI=1S/C22H25N3O4/c1-23-18-5-3-4-6-19(18)29-20(22(23)27)15-21(26)25-13-11-24(12-14-25)16-7-9-17(28-2)10-8-16/h3-10,20H,11-15H2,1-2H3. The van der Waals surface area contributed by atoms with Crippen LogP contribution in [0, 0.1) is 0 Å². The fourth-order valence-corrected chi connectivity index (χ4v) is 3.80. The van der Waals surface area contributed by atoms with Gasteiger partial charge in [-0.3, -0.25) is 9.59 Å². The zero-order chi connectivity index (χ0) is 20.4. The highest BCUT2D eigenvalue weighted by Crippen LogP contribution is 2.33. The van der Waals surface area contributed by atoms with Gasteiger partial charge in [0.25, 0.3) is 5.91 Å². The van der Waals surface area contributed by atoms with E-state index in [9.17, 15) is 9.59 Å². The largest absolute Gasteiger partial charge is 0.497 e. The molecule has 0 radical (unpaired) electrons. The summed E-state index contributed by atoms with van der Waals surface area (Å²) in [7, 11) is 3.37. The van der Waals surface area contributed by atoms with Gasteiger partial charge in [0.1, 0.15) is 11.5 Å². The fourth-order valence-electron chi connectivity index (χ4n) is 3.80. The molecular formula is C22H25N3O4. The molecule has 0 saturated carbocycles. The molecule has 0 bridgehead atoms. The summed E-state index contributed by atoms with van der Waals surface area (Å²) in [6.07, 6.45) is -0.720. The lowest BCUT2D eigenvalue weighted by atomic mass is 10.1. The van der Waals surface area contributed by atoms with Crippen molar-refractivity contribution in [2.75, 3.05) is 50.1 Å². The zero-order valence-electron chi connectivity index (χ0n) is 16.7. The highest BCUT2D eigenvalue weighted by atomic mass is 16.5. The molecule has 2 amide bonds. The molecule has 2 aromatic carbocycles. The Hall–Kier alpha value is -3.22. The number of amides is 2. The van der Waals surface area contributed by atoms with Crippen molar-refractivity contribution in [2.24, 2.45) is 0 Å². The first-order valence-electron chi connectivity index (χ1n) is 9.77. The molecule has 2 aliphatic rings. The Morgan fingerprint density at radius 1 is 1.07 bits per heavy atom. The Balaban J connectivity index is 1.35. The lowest BCUT2D eigenvalue weighted by molar-refractivity contribution is -0.138. The number of likely N-dealkylation sites (N-methyl/N-ethyl adjacent to an activating group) is 1. The second-order valence-electron chi connectivity index (χ2n) is 7.24. The number of hydrogen-bond acceptors (Lipinski definition) is 5. The topological polar surface area (TPSA) is 62.3 Å². The number of piperazine rings is 1. The van der Waals surface area contributed by atoms with Crippen molar-refractivity contribution in [2.45, 2.75) is 12.5 Å². The number of ether oxygens (including phenoxy) is 2. The van der Waals surface area contributed by atoms with Gasteiger partial charge in [0, 0.05) is 38.9 Å². The van der Waals surface area contributed by atoms with E-state index in [1.807, 2.05) is 53.4 Å². The van der Waals surface area contributed by atoms with Crippen LogP contribution in [0.25, 0.3) is 0 Å². The van der Waals surface area contributed by atoms with Gasteiger partial charge in [-0.05, 0) is 36.4 Å². The molecule has 1 saturated heterocycles. The van der Waals surface area contributed by atoms with Crippen LogP contribution in [0.5, 0.6) is 11.5 Å². The maximum Gasteiger partial charge on any atom is 0.268 e. The molecule has 0 N–H and O–H groups in total. The molecule has 29 heavy (non-hydrogen) atoms. The van der Waals surface area contributed by atoms with E-state index < -0.39 is 6.10 Å². The van der Waals surface area contributed by atoms with Crippen molar-refractivity contribution in [1.82, 2.24) is 4.90 Å². The predicted molar refractivity (Wildman–Crippen MR) is 111 cm³/mol. The Morgan fingerprint density at radius 3 is 2.45 bits per heavy atom. The summed E-state index contributed by atoms with van der Waals surface area (Å²) < 4.78 is 11.0. The number of methoxy groups -OCH3 is 1. The van der Waals surface area contributed by atoms with E-state index in [0.717, 1.165) is 30.2 Å². The number of carbonyl (C=O) groups excluding carboxylic acids is 2. The summed E-state index contributed by atoms with van der Waals surface area (Å²) in [6, 6.07) is 15.3. The Morgan fingerprint density at radius 2 is 1.76 bits per heavy atom. The Labute approximate surface area is 170 Å². The van der Waals surface area contributed by atoms with E-state index in [0.29, 0.717) is 18.8 Å². The molecule has 7 heteroatoms. The van der Waals surface area contributed by atoms with Gasteiger partial charge in [-0.15, -0.1) is 0 Å². The fraction of sp³-hybridized carbons (Fsp3) is 0.364. The van der Waals surface area contributed by atoms with Gasteiger partial charge in [-0.1, -0.05) is 12.1 Å². The number of carbonyl (C=O) groups is 2. The summed E-state index contributed by atoms with van der Waals surface area (Å²) in [5.41, 5.74) is 1.84. The number of nitrogens with zero attached hydrogens (tertiary/aromatic N) is 3. The average molecular weight is 395 g/mol. The van der Waals surface area contributed by atoms with Gasteiger partial charge in [0.05, 0.1) is 19.2 Å². The molecule has 0 aromatic heterocycles. The van der Waals surface area contributed by atoms with Crippen molar-refractivity contribution in [3.63, 3.8) is 0 Å². The molecule has 1 unspecified atom stereocenters. The third-order valence-corrected chi connectivity index (χ3v) is 5.53. The van der Waals surface area contributed by atoms with E-state index in [1.54, 1.807) is 19.1 Å². The molecule has 1 fully saturated rings. The summed E-state index contributed by atoms with van der Waals surface area (Å²) in [5.74, 6) is 1.22. The minimum absolute atomic E-state index is 0.0505.